The third kappa shape index (κ3) is 2.57. The van der Waals surface area contributed by atoms with Crippen molar-refractivity contribution in [3.63, 3.8) is 0 Å². The molecule has 1 aliphatic rings. The first-order chi connectivity index (χ1) is 9.86. The summed E-state index contributed by atoms with van der Waals surface area (Å²) in [5, 5.41) is 8.83. The van der Waals surface area contributed by atoms with Crippen molar-refractivity contribution in [1.82, 2.24) is 0 Å². The van der Waals surface area contributed by atoms with Crippen LogP contribution in [0.2, 0.25) is 0 Å². The fourth-order valence-corrected chi connectivity index (χ4v) is 2.56. The Morgan fingerprint density at radius 3 is 2.30 bits per heavy atom. The SMILES string of the molecule is N#Cc1ccc(N2CC=C(c3ccccc3)CC2)cc1. The van der Waals surface area contributed by atoms with E-state index < -0.39 is 0 Å². The normalized spacial score (nSPS) is 14.6. The molecule has 1 aliphatic heterocycles. The minimum absolute atomic E-state index is 0.714. The topological polar surface area (TPSA) is 27.0 Å². The second kappa shape index (κ2) is 5.63. The van der Waals surface area contributed by atoms with E-state index >= 15 is 0 Å². The highest BCUT2D eigenvalue weighted by Crippen LogP contribution is 2.25. The van der Waals surface area contributed by atoms with Crippen molar-refractivity contribution >= 4 is 11.3 Å². The van der Waals surface area contributed by atoms with E-state index in [1.165, 1.54) is 16.8 Å². The van der Waals surface area contributed by atoms with Gasteiger partial charge in [0.05, 0.1) is 11.6 Å². The fourth-order valence-electron chi connectivity index (χ4n) is 2.56. The Labute approximate surface area is 119 Å². The summed E-state index contributed by atoms with van der Waals surface area (Å²) in [6.45, 7) is 1.95. The molecule has 0 unspecified atom stereocenters. The number of nitrogens with zero attached hydrogens (tertiary/aromatic N) is 2. The number of rotatable bonds is 2. The molecule has 2 aromatic carbocycles. The van der Waals surface area contributed by atoms with E-state index in [-0.39, 0.29) is 0 Å². The van der Waals surface area contributed by atoms with E-state index in [2.05, 4.69) is 47.4 Å². The zero-order valence-electron chi connectivity index (χ0n) is 11.3. The van der Waals surface area contributed by atoms with Gasteiger partial charge in [-0.05, 0) is 41.8 Å². The largest absolute Gasteiger partial charge is 0.367 e. The smallest absolute Gasteiger partial charge is 0.0991 e. The van der Waals surface area contributed by atoms with Crippen LogP contribution in [0.25, 0.3) is 5.57 Å². The number of hydrogen-bond donors (Lipinski definition) is 0. The third-order valence-corrected chi connectivity index (χ3v) is 3.72. The van der Waals surface area contributed by atoms with Gasteiger partial charge in [0, 0.05) is 18.8 Å². The summed E-state index contributed by atoms with van der Waals surface area (Å²) in [5.74, 6) is 0. The van der Waals surface area contributed by atoms with Crippen molar-refractivity contribution in [3.8, 4) is 6.07 Å². The van der Waals surface area contributed by atoms with Crippen LogP contribution in [0.4, 0.5) is 5.69 Å². The Kier molecular flexibility index (Phi) is 3.52. The Morgan fingerprint density at radius 1 is 0.950 bits per heavy atom. The average molecular weight is 260 g/mol. The second-order valence-corrected chi connectivity index (χ2v) is 4.95. The Hall–Kier alpha value is -2.53. The van der Waals surface area contributed by atoms with Gasteiger partial charge < -0.3 is 4.90 Å². The van der Waals surface area contributed by atoms with Crippen molar-refractivity contribution in [2.75, 3.05) is 18.0 Å². The number of anilines is 1. The summed E-state index contributed by atoms with van der Waals surface area (Å²) in [7, 11) is 0. The molecule has 98 valence electrons. The molecule has 0 aromatic heterocycles. The van der Waals surface area contributed by atoms with Crippen LogP contribution in [0.15, 0.2) is 60.7 Å². The van der Waals surface area contributed by atoms with Crippen molar-refractivity contribution in [1.29, 1.82) is 5.26 Å². The number of hydrogen-bond acceptors (Lipinski definition) is 2. The summed E-state index contributed by atoms with van der Waals surface area (Å²) >= 11 is 0. The van der Waals surface area contributed by atoms with Gasteiger partial charge >= 0.3 is 0 Å². The Bertz CT molecular complexity index is 648. The first-order valence-corrected chi connectivity index (χ1v) is 6.86. The maximum atomic E-state index is 8.83. The summed E-state index contributed by atoms with van der Waals surface area (Å²) in [6, 6.07) is 20.5. The number of nitriles is 1. The van der Waals surface area contributed by atoms with Gasteiger partial charge in [-0.25, -0.2) is 0 Å². The van der Waals surface area contributed by atoms with Crippen molar-refractivity contribution in [2.45, 2.75) is 6.42 Å². The lowest BCUT2D eigenvalue weighted by Gasteiger charge is -2.28. The molecule has 0 radical (unpaired) electrons. The summed E-state index contributed by atoms with van der Waals surface area (Å²) in [6.07, 6.45) is 3.36. The summed E-state index contributed by atoms with van der Waals surface area (Å²) < 4.78 is 0. The number of benzene rings is 2. The zero-order chi connectivity index (χ0) is 13.8. The van der Waals surface area contributed by atoms with Crippen LogP contribution in [0, 0.1) is 11.3 Å². The molecule has 2 heteroatoms. The predicted octanol–water partition coefficient (Wildman–Crippen LogP) is 3.85. The van der Waals surface area contributed by atoms with Crippen molar-refractivity contribution in [3.05, 3.63) is 71.8 Å². The molecule has 0 atom stereocenters. The van der Waals surface area contributed by atoms with Gasteiger partial charge in [-0.15, -0.1) is 0 Å². The van der Waals surface area contributed by atoms with E-state index in [1.54, 1.807) is 0 Å². The quantitative estimate of drug-likeness (QED) is 0.820. The Morgan fingerprint density at radius 2 is 1.70 bits per heavy atom. The van der Waals surface area contributed by atoms with Gasteiger partial charge in [-0.1, -0.05) is 36.4 Å². The molecule has 0 bridgehead atoms. The van der Waals surface area contributed by atoms with Crippen LogP contribution in [0.1, 0.15) is 17.5 Å². The lowest BCUT2D eigenvalue weighted by atomic mass is 9.99. The molecule has 2 aromatic rings. The van der Waals surface area contributed by atoms with Crippen LogP contribution in [0.3, 0.4) is 0 Å². The first kappa shape index (κ1) is 12.5. The molecule has 0 saturated carbocycles. The van der Waals surface area contributed by atoms with Crippen LogP contribution in [-0.4, -0.2) is 13.1 Å². The van der Waals surface area contributed by atoms with E-state index in [9.17, 15) is 0 Å². The van der Waals surface area contributed by atoms with Crippen molar-refractivity contribution in [2.24, 2.45) is 0 Å². The highest BCUT2D eigenvalue weighted by atomic mass is 15.1. The molecule has 0 aliphatic carbocycles. The minimum atomic E-state index is 0.714. The molecular formula is C18H16N2. The van der Waals surface area contributed by atoms with E-state index in [0.717, 1.165) is 19.5 Å². The maximum absolute atomic E-state index is 8.83. The molecule has 0 amide bonds. The van der Waals surface area contributed by atoms with E-state index in [0.29, 0.717) is 5.56 Å². The highest BCUT2D eigenvalue weighted by molar-refractivity contribution is 5.68. The summed E-state index contributed by atoms with van der Waals surface area (Å²) in [5.41, 5.74) is 4.65. The fraction of sp³-hybridized carbons (Fsp3) is 0.167. The van der Waals surface area contributed by atoms with Gasteiger partial charge in [0.1, 0.15) is 0 Å². The average Bonchev–Trinajstić information content (AvgIpc) is 2.56. The summed E-state index contributed by atoms with van der Waals surface area (Å²) in [4.78, 5) is 2.34. The first-order valence-electron chi connectivity index (χ1n) is 6.86. The molecule has 1 heterocycles. The van der Waals surface area contributed by atoms with Crippen LogP contribution in [0.5, 0.6) is 0 Å². The molecule has 2 nitrogen and oxygen atoms in total. The van der Waals surface area contributed by atoms with E-state index in [4.69, 9.17) is 5.26 Å². The lowest BCUT2D eigenvalue weighted by Crippen LogP contribution is -2.28. The van der Waals surface area contributed by atoms with Gasteiger partial charge in [0.25, 0.3) is 0 Å². The van der Waals surface area contributed by atoms with Crippen molar-refractivity contribution < 1.29 is 0 Å². The van der Waals surface area contributed by atoms with Crippen LogP contribution >= 0.6 is 0 Å². The van der Waals surface area contributed by atoms with Gasteiger partial charge in [-0.2, -0.15) is 5.26 Å². The molecule has 0 spiro atoms. The molecule has 0 fully saturated rings. The molecule has 3 rings (SSSR count). The molecule has 0 N–H and O–H groups in total. The van der Waals surface area contributed by atoms with Gasteiger partial charge in [-0.3, -0.25) is 0 Å². The standard InChI is InChI=1S/C18H16N2/c19-14-15-6-8-18(9-7-15)20-12-10-17(11-13-20)16-4-2-1-3-5-16/h1-10H,11-13H2. The van der Waals surface area contributed by atoms with E-state index in [1.807, 2.05) is 24.3 Å². The minimum Gasteiger partial charge on any atom is -0.367 e. The highest BCUT2D eigenvalue weighted by Gasteiger charge is 2.13. The van der Waals surface area contributed by atoms with Crippen LogP contribution < -0.4 is 4.90 Å². The van der Waals surface area contributed by atoms with Crippen LogP contribution in [-0.2, 0) is 0 Å². The molecule has 0 saturated heterocycles. The molecule has 20 heavy (non-hydrogen) atoms. The third-order valence-electron chi connectivity index (χ3n) is 3.72. The second-order valence-electron chi connectivity index (χ2n) is 4.95. The van der Waals surface area contributed by atoms with Gasteiger partial charge in [0.2, 0.25) is 0 Å². The Balaban J connectivity index is 1.74. The lowest BCUT2D eigenvalue weighted by molar-refractivity contribution is 0.832. The monoisotopic (exact) mass is 260 g/mol. The predicted molar refractivity (Wildman–Crippen MR) is 82.4 cm³/mol. The van der Waals surface area contributed by atoms with Gasteiger partial charge in [0.15, 0.2) is 0 Å². The zero-order valence-corrected chi connectivity index (χ0v) is 11.3. The maximum Gasteiger partial charge on any atom is 0.0991 e. The molecular weight excluding hydrogens is 244 g/mol.